The molecule has 2 heterocycles. The van der Waals surface area contributed by atoms with Gasteiger partial charge in [0.25, 0.3) is 5.78 Å². The summed E-state index contributed by atoms with van der Waals surface area (Å²) >= 11 is 1.38. The van der Waals surface area contributed by atoms with Gasteiger partial charge in [-0.05, 0) is 43.5 Å². The SMILES string of the molecule is CCc1ccc2nc(N3C(=O)C(=O)/C(=C(/O)c4ccc(C)cc4)[C@@H]3c3ccc(C)cc3)sc2c1. The summed E-state index contributed by atoms with van der Waals surface area (Å²) in [4.78, 5) is 32.8. The number of aromatic nitrogens is 1. The third-order valence-electron chi connectivity index (χ3n) is 6.22. The molecule has 4 aromatic rings. The number of hydrogen-bond donors (Lipinski definition) is 1. The minimum Gasteiger partial charge on any atom is -0.507 e. The van der Waals surface area contributed by atoms with E-state index in [-0.39, 0.29) is 11.3 Å². The number of aliphatic hydroxyl groups excluding tert-OH is 1. The zero-order valence-electron chi connectivity index (χ0n) is 19.2. The van der Waals surface area contributed by atoms with Crippen molar-refractivity contribution in [3.63, 3.8) is 0 Å². The number of rotatable bonds is 4. The van der Waals surface area contributed by atoms with Gasteiger partial charge in [0.2, 0.25) is 0 Å². The second-order valence-electron chi connectivity index (χ2n) is 8.60. The van der Waals surface area contributed by atoms with Gasteiger partial charge in [0.15, 0.2) is 5.13 Å². The third kappa shape index (κ3) is 3.70. The average Bonchev–Trinajstić information content (AvgIpc) is 3.37. The molecule has 0 unspecified atom stereocenters. The highest BCUT2D eigenvalue weighted by atomic mass is 32.1. The second kappa shape index (κ2) is 8.54. The molecule has 1 aliphatic rings. The van der Waals surface area contributed by atoms with Gasteiger partial charge >= 0.3 is 5.91 Å². The average molecular weight is 469 g/mol. The molecule has 1 fully saturated rings. The summed E-state index contributed by atoms with van der Waals surface area (Å²) in [6, 6.07) is 20.2. The molecule has 1 saturated heterocycles. The van der Waals surface area contributed by atoms with Gasteiger partial charge in [-0.25, -0.2) is 4.98 Å². The van der Waals surface area contributed by atoms with Crippen molar-refractivity contribution in [2.24, 2.45) is 0 Å². The van der Waals surface area contributed by atoms with Gasteiger partial charge in [-0.3, -0.25) is 14.5 Å². The van der Waals surface area contributed by atoms with Crippen molar-refractivity contribution in [3.8, 4) is 0 Å². The maximum Gasteiger partial charge on any atom is 0.301 e. The Hall–Kier alpha value is -3.77. The number of aliphatic hydroxyl groups is 1. The molecule has 1 amide bonds. The van der Waals surface area contributed by atoms with E-state index in [1.54, 1.807) is 12.1 Å². The number of fused-ring (bicyclic) bond motifs is 1. The van der Waals surface area contributed by atoms with Crippen LogP contribution in [0, 0.1) is 13.8 Å². The van der Waals surface area contributed by atoms with Crippen LogP contribution in [-0.4, -0.2) is 21.8 Å². The van der Waals surface area contributed by atoms with E-state index in [0.717, 1.165) is 33.3 Å². The molecule has 0 saturated carbocycles. The Balaban J connectivity index is 1.71. The van der Waals surface area contributed by atoms with Crippen molar-refractivity contribution >= 4 is 44.1 Å². The molecule has 5 rings (SSSR count). The van der Waals surface area contributed by atoms with Crippen LogP contribution in [0.3, 0.4) is 0 Å². The van der Waals surface area contributed by atoms with Gasteiger partial charge in [0.1, 0.15) is 5.76 Å². The van der Waals surface area contributed by atoms with E-state index in [9.17, 15) is 14.7 Å². The minimum atomic E-state index is -0.770. The summed E-state index contributed by atoms with van der Waals surface area (Å²) in [6.07, 6.45) is 0.896. The number of Topliss-reactive ketones (excluding diaryl/α,β-unsaturated/α-hetero) is 1. The van der Waals surface area contributed by atoms with Gasteiger partial charge in [0, 0.05) is 5.56 Å². The van der Waals surface area contributed by atoms with Crippen molar-refractivity contribution in [2.45, 2.75) is 33.2 Å². The smallest absolute Gasteiger partial charge is 0.301 e. The fourth-order valence-corrected chi connectivity index (χ4v) is 5.30. The molecule has 34 heavy (non-hydrogen) atoms. The van der Waals surface area contributed by atoms with Crippen LogP contribution in [0.15, 0.2) is 72.3 Å². The maximum atomic E-state index is 13.4. The first-order valence-electron chi connectivity index (χ1n) is 11.2. The zero-order valence-corrected chi connectivity index (χ0v) is 20.0. The molecule has 1 aliphatic heterocycles. The topological polar surface area (TPSA) is 70.5 Å². The number of ketones is 1. The molecule has 0 radical (unpaired) electrons. The first-order chi connectivity index (χ1) is 16.4. The molecule has 170 valence electrons. The van der Waals surface area contributed by atoms with Crippen molar-refractivity contribution < 1.29 is 14.7 Å². The number of carbonyl (C=O) groups is 2. The number of benzene rings is 3. The molecule has 1 atom stereocenters. The fourth-order valence-electron chi connectivity index (χ4n) is 4.24. The molecular weight excluding hydrogens is 444 g/mol. The number of anilines is 1. The van der Waals surface area contributed by atoms with E-state index < -0.39 is 17.7 Å². The monoisotopic (exact) mass is 468 g/mol. The Morgan fingerprint density at radius 1 is 0.971 bits per heavy atom. The number of amides is 1. The quantitative estimate of drug-likeness (QED) is 0.223. The number of nitrogens with zero attached hydrogens (tertiary/aromatic N) is 2. The first kappa shape index (κ1) is 22.0. The molecule has 6 heteroatoms. The number of carbonyl (C=O) groups excluding carboxylic acids is 2. The summed E-state index contributed by atoms with van der Waals surface area (Å²) in [5.74, 6) is -1.58. The lowest BCUT2D eigenvalue weighted by Gasteiger charge is -2.23. The van der Waals surface area contributed by atoms with Crippen molar-refractivity contribution in [3.05, 3.63) is 100 Å². The molecular formula is C28H24N2O3S. The highest BCUT2D eigenvalue weighted by molar-refractivity contribution is 7.22. The van der Waals surface area contributed by atoms with Crippen LogP contribution in [0.2, 0.25) is 0 Å². The maximum absolute atomic E-state index is 13.4. The van der Waals surface area contributed by atoms with Crippen LogP contribution in [-0.2, 0) is 16.0 Å². The van der Waals surface area contributed by atoms with E-state index >= 15 is 0 Å². The molecule has 0 bridgehead atoms. The highest BCUT2D eigenvalue weighted by Crippen LogP contribution is 2.44. The van der Waals surface area contributed by atoms with Crippen molar-refractivity contribution in [1.29, 1.82) is 0 Å². The van der Waals surface area contributed by atoms with Gasteiger partial charge < -0.3 is 5.11 Å². The molecule has 0 aliphatic carbocycles. The largest absolute Gasteiger partial charge is 0.507 e. The lowest BCUT2D eigenvalue weighted by Crippen LogP contribution is -2.29. The lowest BCUT2D eigenvalue weighted by atomic mass is 9.94. The summed E-state index contributed by atoms with van der Waals surface area (Å²) in [7, 11) is 0. The predicted octanol–water partition coefficient (Wildman–Crippen LogP) is 6.10. The summed E-state index contributed by atoms with van der Waals surface area (Å²) in [5, 5.41) is 11.7. The molecule has 1 aromatic heterocycles. The highest BCUT2D eigenvalue weighted by Gasteiger charge is 2.48. The van der Waals surface area contributed by atoms with Crippen molar-refractivity contribution in [1.82, 2.24) is 4.98 Å². The van der Waals surface area contributed by atoms with E-state index in [1.165, 1.54) is 21.8 Å². The first-order valence-corrected chi connectivity index (χ1v) is 12.0. The number of thiazole rings is 1. The zero-order chi connectivity index (χ0) is 24.0. The number of hydrogen-bond acceptors (Lipinski definition) is 5. The van der Waals surface area contributed by atoms with Crippen LogP contribution in [0.5, 0.6) is 0 Å². The van der Waals surface area contributed by atoms with E-state index in [2.05, 4.69) is 13.0 Å². The van der Waals surface area contributed by atoms with Gasteiger partial charge in [0.05, 0.1) is 21.8 Å². The van der Waals surface area contributed by atoms with E-state index in [4.69, 9.17) is 4.98 Å². The normalized spacial score (nSPS) is 17.6. The molecule has 0 spiro atoms. The van der Waals surface area contributed by atoms with Crippen LogP contribution >= 0.6 is 11.3 Å². The Morgan fingerprint density at radius 3 is 2.26 bits per heavy atom. The number of aryl methyl sites for hydroxylation is 3. The Kier molecular flexibility index (Phi) is 5.54. The van der Waals surface area contributed by atoms with Crippen molar-refractivity contribution in [2.75, 3.05) is 4.90 Å². The van der Waals surface area contributed by atoms with Crippen LogP contribution in [0.4, 0.5) is 5.13 Å². The van der Waals surface area contributed by atoms with Crippen LogP contribution < -0.4 is 4.90 Å². The Bertz CT molecular complexity index is 1450. The van der Waals surface area contributed by atoms with Gasteiger partial charge in [-0.15, -0.1) is 0 Å². The minimum absolute atomic E-state index is 0.0752. The molecule has 5 nitrogen and oxygen atoms in total. The lowest BCUT2D eigenvalue weighted by molar-refractivity contribution is -0.132. The predicted molar refractivity (Wildman–Crippen MR) is 136 cm³/mol. The fraction of sp³-hybridized carbons (Fsp3) is 0.179. The standard InChI is InChI=1S/C28H24N2O3S/c1-4-18-9-14-21-22(15-18)34-28(29-21)30-24(19-10-5-16(2)6-11-19)23(26(32)27(30)33)25(31)20-12-7-17(3)8-13-20/h5-15,24,31H,4H2,1-3H3/b25-23+/t24-/m0/s1. The summed E-state index contributed by atoms with van der Waals surface area (Å²) in [5.41, 5.74) is 5.37. The van der Waals surface area contributed by atoms with Gasteiger partial charge in [-0.2, -0.15) is 0 Å². The summed E-state index contributed by atoms with van der Waals surface area (Å²) in [6.45, 7) is 6.02. The second-order valence-corrected chi connectivity index (χ2v) is 9.61. The van der Waals surface area contributed by atoms with Crippen LogP contribution in [0.25, 0.3) is 16.0 Å². The van der Waals surface area contributed by atoms with Gasteiger partial charge in [-0.1, -0.05) is 84.0 Å². The summed E-state index contributed by atoms with van der Waals surface area (Å²) < 4.78 is 0.956. The molecule has 3 aromatic carbocycles. The third-order valence-corrected chi connectivity index (χ3v) is 7.24. The van der Waals surface area contributed by atoms with Crippen LogP contribution in [0.1, 0.15) is 40.8 Å². The Labute approximate surface area is 202 Å². The van der Waals surface area contributed by atoms with E-state index in [1.807, 2.05) is 62.4 Å². The van der Waals surface area contributed by atoms with E-state index in [0.29, 0.717) is 10.7 Å². The molecule has 1 N–H and O–H groups in total. The Morgan fingerprint density at radius 2 is 1.62 bits per heavy atom.